The number of nitrogens with zero attached hydrogens (tertiary/aromatic N) is 1. The maximum Gasteiger partial charge on any atom is 0.146 e. The van der Waals surface area contributed by atoms with Crippen LogP contribution in [0.25, 0.3) is 0 Å². The van der Waals surface area contributed by atoms with Crippen LogP contribution in [0.4, 0.5) is 8.78 Å². The van der Waals surface area contributed by atoms with Crippen LogP contribution in [0.3, 0.4) is 0 Å². The molecule has 20 heavy (non-hydrogen) atoms. The van der Waals surface area contributed by atoms with Gasteiger partial charge in [-0.1, -0.05) is 13.0 Å². The van der Waals surface area contributed by atoms with Crippen LogP contribution in [0.15, 0.2) is 36.7 Å². The van der Waals surface area contributed by atoms with Crippen molar-refractivity contribution < 1.29 is 8.78 Å². The van der Waals surface area contributed by atoms with Crippen molar-refractivity contribution in [1.82, 2.24) is 10.3 Å². The number of rotatable bonds is 5. The van der Waals surface area contributed by atoms with Crippen LogP contribution in [0.5, 0.6) is 0 Å². The largest absolute Gasteiger partial charge is 0.306 e. The molecule has 2 nitrogen and oxygen atoms in total. The second-order valence-electron chi connectivity index (χ2n) is 4.45. The highest BCUT2D eigenvalue weighted by molar-refractivity contribution is 14.1. The van der Waals surface area contributed by atoms with Gasteiger partial charge >= 0.3 is 0 Å². The Morgan fingerprint density at radius 2 is 2.05 bits per heavy atom. The molecule has 0 aliphatic heterocycles. The van der Waals surface area contributed by atoms with E-state index < -0.39 is 0 Å². The predicted octanol–water partition coefficient (Wildman–Crippen LogP) is 4.05. The molecule has 1 atom stereocenters. The molecule has 1 unspecified atom stereocenters. The highest BCUT2D eigenvalue weighted by Crippen LogP contribution is 2.28. The average molecular weight is 388 g/mol. The molecule has 1 N–H and O–H groups in total. The zero-order valence-electron chi connectivity index (χ0n) is 11.0. The molecule has 0 saturated carbocycles. The number of nitrogens with one attached hydrogen (secondary N) is 1. The van der Waals surface area contributed by atoms with E-state index in [2.05, 4.69) is 32.9 Å². The molecule has 2 aromatic rings. The minimum absolute atomic E-state index is 0.289. The number of halogens is 3. The molecular weight excluding hydrogens is 373 g/mol. The lowest BCUT2D eigenvalue weighted by atomic mass is 9.99. The zero-order valence-corrected chi connectivity index (χ0v) is 13.2. The van der Waals surface area contributed by atoms with Gasteiger partial charge in [-0.2, -0.15) is 0 Å². The SMILES string of the molecule is CCCNC(c1ccncc1F)c1ccc(F)cc1I. The van der Waals surface area contributed by atoms with Gasteiger partial charge in [0.25, 0.3) is 0 Å². The van der Waals surface area contributed by atoms with Gasteiger partial charge in [-0.25, -0.2) is 8.78 Å². The summed E-state index contributed by atoms with van der Waals surface area (Å²) in [7, 11) is 0. The molecule has 0 aliphatic rings. The highest BCUT2D eigenvalue weighted by Gasteiger charge is 2.19. The van der Waals surface area contributed by atoms with Crippen molar-refractivity contribution in [2.45, 2.75) is 19.4 Å². The van der Waals surface area contributed by atoms with Crippen LogP contribution in [-0.2, 0) is 0 Å². The Balaban J connectivity index is 2.44. The normalized spacial score (nSPS) is 12.4. The second-order valence-corrected chi connectivity index (χ2v) is 5.61. The minimum Gasteiger partial charge on any atom is -0.306 e. The Morgan fingerprint density at radius 3 is 2.70 bits per heavy atom. The van der Waals surface area contributed by atoms with E-state index in [0.717, 1.165) is 22.1 Å². The maximum absolute atomic E-state index is 14.0. The average Bonchev–Trinajstić information content (AvgIpc) is 2.42. The van der Waals surface area contributed by atoms with E-state index in [1.54, 1.807) is 18.3 Å². The molecule has 5 heteroatoms. The Hall–Kier alpha value is -1.08. The van der Waals surface area contributed by atoms with E-state index in [4.69, 9.17) is 0 Å². The molecule has 1 heterocycles. The van der Waals surface area contributed by atoms with Crippen LogP contribution in [-0.4, -0.2) is 11.5 Å². The van der Waals surface area contributed by atoms with Crippen molar-refractivity contribution in [3.05, 3.63) is 63.0 Å². The van der Waals surface area contributed by atoms with Gasteiger partial charge in [0.15, 0.2) is 0 Å². The quantitative estimate of drug-likeness (QED) is 0.782. The first-order chi connectivity index (χ1) is 9.63. The van der Waals surface area contributed by atoms with Gasteiger partial charge in [0.05, 0.1) is 12.2 Å². The van der Waals surface area contributed by atoms with Gasteiger partial charge < -0.3 is 5.32 Å². The Morgan fingerprint density at radius 1 is 1.25 bits per heavy atom. The molecule has 1 aromatic heterocycles. The summed E-state index contributed by atoms with van der Waals surface area (Å²) in [5, 5.41) is 3.31. The molecule has 0 spiro atoms. The van der Waals surface area contributed by atoms with Crippen molar-refractivity contribution in [1.29, 1.82) is 0 Å². The van der Waals surface area contributed by atoms with Gasteiger partial charge in [-0.15, -0.1) is 0 Å². The molecule has 0 aliphatic carbocycles. The fraction of sp³-hybridized carbons (Fsp3) is 0.267. The third-order valence-electron chi connectivity index (χ3n) is 2.99. The molecule has 1 aromatic carbocycles. The maximum atomic E-state index is 14.0. The zero-order chi connectivity index (χ0) is 14.5. The van der Waals surface area contributed by atoms with Crippen LogP contribution < -0.4 is 5.32 Å². The van der Waals surface area contributed by atoms with Crippen LogP contribution in [0.2, 0.25) is 0 Å². The van der Waals surface area contributed by atoms with Gasteiger partial charge in [-0.05, 0) is 59.3 Å². The molecule has 0 amide bonds. The van der Waals surface area contributed by atoms with Crippen molar-refractivity contribution in [3.63, 3.8) is 0 Å². The number of hydrogen-bond donors (Lipinski definition) is 1. The second kappa shape index (κ2) is 7.08. The Bertz CT molecular complexity index is 590. The molecular formula is C15H15F2IN2. The summed E-state index contributed by atoms with van der Waals surface area (Å²) < 4.78 is 28.0. The lowest BCUT2D eigenvalue weighted by molar-refractivity contribution is 0.540. The van der Waals surface area contributed by atoms with E-state index in [-0.39, 0.29) is 17.7 Å². The number of aromatic nitrogens is 1. The number of benzene rings is 1. The van der Waals surface area contributed by atoms with Crippen LogP contribution >= 0.6 is 22.6 Å². The first kappa shape index (κ1) is 15.3. The Labute approximate surface area is 130 Å². The van der Waals surface area contributed by atoms with E-state index in [9.17, 15) is 8.78 Å². The molecule has 0 radical (unpaired) electrons. The van der Waals surface area contributed by atoms with Crippen LogP contribution in [0.1, 0.15) is 30.5 Å². The van der Waals surface area contributed by atoms with E-state index >= 15 is 0 Å². The lowest BCUT2D eigenvalue weighted by Crippen LogP contribution is -2.25. The fourth-order valence-electron chi connectivity index (χ4n) is 2.03. The van der Waals surface area contributed by atoms with Crippen LogP contribution in [0, 0.1) is 15.2 Å². The molecule has 0 fully saturated rings. The molecule has 106 valence electrons. The standard InChI is InChI=1S/C15H15F2IN2/c1-2-6-20-15(11-5-7-19-9-13(11)17)12-4-3-10(16)8-14(12)18/h3-5,7-9,15,20H,2,6H2,1H3. The van der Waals surface area contributed by atoms with Crippen molar-refractivity contribution >= 4 is 22.6 Å². The Kier molecular flexibility index (Phi) is 5.42. The van der Waals surface area contributed by atoms with E-state index in [0.29, 0.717) is 5.56 Å². The summed E-state index contributed by atoms with van der Waals surface area (Å²) in [4.78, 5) is 3.77. The van der Waals surface area contributed by atoms with Gasteiger partial charge in [0, 0.05) is 15.3 Å². The summed E-state index contributed by atoms with van der Waals surface area (Å²) in [5.74, 6) is -0.649. The summed E-state index contributed by atoms with van der Waals surface area (Å²) in [5.41, 5.74) is 1.39. The topological polar surface area (TPSA) is 24.9 Å². The summed E-state index contributed by atoms with van der Waals surface area (Å²) >= 11 is 2.07. The number of hydrogen-bond acceptors (Lipinski definition) is 2. The first-order valence-corrected chi connectivity index (χ1v) is 7.49. The first-order valence-electron chi connectivity index (χ1n) is 6.41. The summed E-state index contributed by atoms with van der Waals surface area (Å²) in [6.45, 7) is 2.79. The summed E-state index contributed by atoms with van der Waals surface area (Å²) in [6, 6.07) is 5.91. The van der Waals surface area contributed by atoms with E-state index in [1.165, 1.54) is 18.3 Å². The minimum atomic E-state index is -0.360. The van der Waals surface area contributed by atoms with Crippen molar-refractivity contribution in [2.75, 3.05) is 6.54 Å². The van der Waals surface area contributed by atoms with Crippen molar-refractivity contribution in [3.8, 4) is 0 Å². The lowest BCUT2D eigenvalue weighted by Gasteiger charge is -2.21. The smallest absolute Gasteiger partial charge is 0.146 e. The monoisotopic (exact) mass is 388 g/mol. The van der Waals surface area contributed by atoms with Gasteiger partial charge in [0.1, 0.15) is 11.6 Å². The number of pyridine rings is 1. The predicted molar refractivity (Wildman–Crippen MR) is 83.4 cm³/mol. The van der Waals surface area contributed by atoms with E-state index in [1.807, 2.05) is 6.92 Å². The fourth-order valence-corrected chi connectivity index (χ4v) is 2.82. The van der Waals surface area contributed by atoms with Gasteiger partial charge in [-0.3, -0.25) is 4.98 Å². The molecule has 2 rings (SSSR count). The third kappa shape index (κ3) is 3.52. The van der Waals surface area contributed by atoms with Gasteiger partial charge in [0.2, 0.25) is 0 Å². The summed E-state index contributed by atoms with van der Waals surface area (Å²) in [6.07, 6.45) is 3.70. The molecule has 0 saturated heterocycles. The third-order valence-corrected chi connectivity index (χ3v) is 3.92. The van der Waals surface area contributed by atoms with Crippen molar-refractivity contribution in [2.24, 2.45) is 0 Å². The highest BCUT2D eigenvalue weighted by atomic mass is 127. The molecule has 0 bridgehead atoms.